The molecule has 30 heavy (non-hydrogen) atoms. The van der Waals surface area contributed by atoms with Crippen molar-refractivity contribution in [1.82, 2.24) is 0 Å². The van der Waals surface area contributed by atoms with Crippen molar-refractivity contribution >= 4 is 5.97 Å². The Morgan fingerprint density at radius 1 is 1.07 bits per heavy atom. The number of ether oxygens (including phenoxy) is 1. The van der Waals surface area contributed by atoms with Gasteiger partial charge in [0, 0.05) is 12.1 Å². The second-order valence-electron chi connectivity index (χ2n) is 8.10. The zero-order valence-electron chi connectivity index (χ0n) is 17.3. The van der Waals surface area contributed by atoms with Gasteiger partial charge in [-0.25, -0.2) is 13.6 Å². The molecule has 0 amide bonds. The Morgan fingerprint density at radius 3 is 2.27 bits per heavy atom. The van der Waals surface area contributed by atoms with Gasteiger partial charge in [0.1, 0.15) is 29.0 Å². The summed E-state index contributed by atoms with van der Waals surface area (Å²) < 4.78 is 32.4. The number of halogens is 2. The van der Waals surface area contributed by atoms with Crippen LogP contribution in [-0.4, -0.2) is 5.97 Å². The average Bonchev–Trinajstić information content (AvgIpc) is 2.74. The number of benzene rings is 2. The molecule has 1 aliphatic carbocycles. The quantitative estimate of drug-likeness (QED) is 0.283. The van der Waals surface area contributed by atoms with Gasteiger partial charge in [-0.3, -0.25) is 0 Å². The molecule has 0 bridgehead atoms. The van der Waals surface area contributed by atoms with Crippen LogP contribution in [-0.2, 0) is 0 Å². The van der Waals surface area contributed by atoms with E-state index in [-0.39, 0.29) is 5.75 Å². The predicted molar refractivity (Wildman–Crippen MR) is 111 cm³/mol. The number of esters is 1. The lowest BCUT2D eigenvalue weighted by Crippen LogP contribution is -2.14. The zero-order valence-corrected chi connectivity index (χ0v) is 17.3. The lowest BCUT2D eigenvalue weighted by Gasteiger charge is -2.29. The second kappa shape index (κ2) is 10.3. The summed E-state index contributed by atoms with van der Waals surface area (Å²) in [6, 6.07) is 10.4. The largest absolute Gasteiger partial charge is 0.423 e. The lowest BCUT2D eigenvalue weighted by molar-refractivity contribution is 0.0734. The highest BCUT2D eigenvalue weighted by molar-refractivity contribution is 5.91. The average molecular weight is 411 g/mol. The Bertz CT molecular complexity index is 887. The minimum Gasteiger partial charge on any atom is -0.423 e. The van der Waals surface area contributed by atoms with Crippen LogP contribution in [0.2, 0.25) is 0 Å². The normalized spacial score (nSPS) is 18.6. The molecule has 2 aromatic carbocycles. The molecule has 0 saturated heterocycles. The number of rotatable bonds is 7. The van der Waals surface area contributed by atoms with E-state index in [1.165, 1.54) is 63.0 Å². The number of unbranched alkanes of at least 4 members (excludes halogenated alkanes) is 2. The third-order valence-corrected chi connectivity index (χ3v) is 6.02. The van der Waals surface area contributed by atoms with Gasteiger partial charge in [0.05, 0.1) is 5.56 Å². The highest BCUT2D eigenvalue weighted by Crippen LogP contribution is 2.37. The molecule has 0 heterocycles. The fourth-order valence-electron chi connectivity index (χ4n) is 4.24. The summed E-state index contributed by atoms with van der Waals surface area (Å²) >= 11 is 0. The van der Waals surface area contributed by atoms with E-state index in [9.17, 15) is 13.6 Å². The first-order valence-electron chi connectivity index (χ1n) is 10.7. The Balaban J connectivity index is 1.57. The van der Waals surface area contributed by atoms with Crippen LogP contribution in [0.15, 0.2) is 36.4 Å². The number of nitriles is 1. The van der Waals surface area contributed by atoms with Crippen LogP contribution in [0.25, 0.3) is 0 Å². The summed E-state index contributed by atoms with van der Waals surface area (Å²) in [5.41, 5.74) is 0.838. The first-order valence-corrected chi connectivity index (χ1v) is 10.7. The molecule has 0 aliphatic heterocycles. The van der Waals surface area contributed by atoms with E-state index in [1.54, 1.807) is 12.1 Å². The number of carbonyl (C=O) groups is 1. The molecule has 0 atom stereocenters. The fourth-order valence-corrected chi connectivity index (χ4v) is 4.24. The van der Waals surface area contributed by atoms with Gasteiger partial charge in [-0.2, -0.15) is 5.26 Å². The molecule has 3 rings (SSSR count). The molecule has 5 heteroatoms. The molecular formula is C25H27F2NO2. The van der Waals surface area contributed by atoms with Crippen LogP contribution in [0.4, 0.5) is 8.78 Å². The van der Waals surface area contributed by atoms with Gasteiger partial charge in [0.2, 0.25) is 0 Å². The second-order valence-corrected chi connectivity index (χ2v) is 8.10. The van der Waals surface area contributed by atoms with E-state index in [4.69, 9.17) is 10.00 Å². The molecule has 1 aliphatic rings. The van der Waals surface area contributed by atoms with Crippen LogP contribution < -0.4 is 4.74 Å². The van der Waals surface area contributed by atoms with Crippen LogP contribution >= 0.6 is 0 Å². The molecule has 1 fully saturated rings. The molecule has 1 saturated carbocycles. The molecule has 0 radical (unpaired) electrons. The molecule has 3 nitrogen and oxygen atoms in total. The van der Waals surface area contributed by atoms with Crippen molar-refractivity contribution in [2.75, 3.05) is 0 Å². The molecule has 0 N–H and O–H groups in total. The van der Waals surface area contributed by atoms with E-state index in [0.29, 0.717) is 11.5 Å². The first-order chi connectivity index (χ1) is 14.5. The molecule has 158 valence electrons. The standard InChI is InChI=1S/C25H27F2NO2/c1-2-3-4-5-17-6-8-18(9-7-17)19-10-12-20(13-11-19)25(29)30-21-14-23(26)22(16-28)24(27)15-21/h10-15,17-18H,2-9H2,1H3. The number of nitrogens with zero attached hydrogens (tertiary/aromatic N) is 1. The summed E-state index contributed by atoms with van der Waals surface area (Å²) in [6.45, 7) is 2.23. The van der Waals surface area contributed by atoms with E-state index < -0.39 is 23.2 Å². The third-order valence-electron chi connectivity index (χ3n) is 6.02. The molecular weight excluding hydrogens is 384 g/mol. The summed E-state index contributed by atoms with van der Waals surface area (Å²) in [4.78, 5) is 12.3. The number of hydrogen-bond acceptors (Lipinski definition) is 3. The van der Waals surface area contributed by atoms with Crippen LogP contribution in [0, 0.1) is 28.9 Å². The van der Waals surface area contributed by atoms with Crippen molar-refractivity contribution in [2.24, 2.45) is 5.92 Å². The van der Waals surface area contributed by atoms with Crippen molar-refractivity contribution in [2.45, 2.75) is 64.2 Å². The maximum absolute atomic E-state index is 13.7. The Kier molecular flexibility index (Phi) is 7.57. The summed E-state index contributed by atoms with van der Waals surface area (Å²) in [5, 5.41) is 8.71. The van der Waals surface area contributed by atoms with E-state index >= 15 is 0 Å². The first kappa shape index (κ1) is 22.0. The molecule has 2 aromatic rings. The SMILES string of the molecule is CCCCCC1CCC(c2ccc(C(=O)Oc3cc(F)c(C#N)c(F)c3)cc2)CC1. The smallest absolute Gasteiger partial charge is 0.343 e. The number of hydrogen-bond donors (Lipinski definition) is 0. The van der Waals surface area contributed by atoms with Gasteiger partial charge in [0.15, 0.2) is 0 Å². The molecule has 0 spiro atoms. The Morgan fingerprint density at radius 2 is 1.70 bits per heavy atom. The summed E-state index contributed by atoms with van der Waals surface area (Å²) in [6.07, 6.45) is 10.1. The van der Waals surface area contributed by atoms with Crippen molar-refractivity contribution in [3.8, 4) is 11.8 Å². The topological polar surface area (TPSA) is 50.1 Å². The summed E-state index contributed by atoms with van der Waals surface area (Å²) in [7, 11) is 0. The van der Waals surface area contributed by atoms with Gasteiger partial charge in [-0.05, 0) is 55.2 Å². The van der Waals surface area contributed by atoms with E-state index in [0.717, 1.165) is 18.1 Å². The van der Waals surface area contributed by atoms with Gasteiger partial charge in [-0.15, -0.1) is 0 Å². The third kappa shape index (κ3) is 5.44. The lowest BCUT2D eigenvalue weighted by atomic mass is 9.77. The minimum atomic E-state index is -1.05. The highest BCUT2D eigenvalue weighted by Gasteiger charge is 2.22. The zero-order chi connectivity index (χ0) is 21.5. The predicted octanol–water partition coefficient (Wildman–Crippen LogP) is 6.91. The van der Waals surface area contributed by atoms with Crippen molar-refractivity contribution in [3.63, 3.8) is 0 Å². The fraction of sp³-hybridized carbons (Fsp3) is 0.440. The Labute approximate surface area is 176 Å². The number of carbonyl (C=O) groups excluding carboxylic acids is 1. The van der Waals surface area contributed by atoms with Crippen LogP contribution in [0.1, 0.15) is 85.7 Å². The molecule has 0 unspecified atom stereocenters. The van der Waals surface area contributed by atoms with Crippen molar-refractivity contribution < 1.29 is 18.3 Å². The van der Waals surface area contributed by atoms with E-state index in [2.05, 4.69) is 6.92 Å². The maximum atomic E-state index is 13.7. The maximum Gasteiger partial charge on any atom is 0.343 e. The summed E-state index contributed by atoms with van der Waals surface area (Å²) in [5.74, 6) is -1.71. The van der Waals surface area contributed by atoms with Gasteiger partial charge in [0.25, 0.3) is 0 Å². The van der Waals surface area contributed by atoms with Crippen molar-refractivity contribution in [3.05, 3.63) is 64.7 Å². The Hall–Kier alpha value is -2.74. The highest BCUT2D eigenvalue weighted by atomic mass is 19.1. The molecule has 0 aromatic heterocycles. The van der Waals surface area contributed by atoms with E-state index in [1.807, 2.05) is 12.1 Å². The van der Waals surface area contributed by atoms with Gasteiger partial charge < -0.3 is 4.74 Å². The van der Waals surface area contributed by atoms with Gasteiger partial charge in [-0.1, -0.05) is 44.7 Å². The monoisotopic (exact) mass is 411 g/mol. The van der Waals surface area contributed by atoms with Crippen LogP contribution in [0.5, 0.6) is 5.75 Å². The van der Waals surface area contributed by atoms with Gasteiger partial charge >= 0.3 is 5.97 Å². The van der Waals surface area contributed by atoms with Crippen LogP contribution in [0.3, 0.4) is 0 Å². The van der Waals surface area contributed by atoms with Crippen molar-refractivity contribution in [1.29, 1.82) is 5.26 Å². The minimum absolute atomic E-state index is 0.264.